The summed E-state index contributed by atoms with van der Waals surface area (Å²) >= 11 is 6.03. The van der Waals surface area contributed by atoms with Crippen LogP contribution >= 0.6 is 11.6 Å². The van der Waals surface area contributed by atoms with Crippen molar-refractivity contribution in [2.75, 3.05) is 25.0 Å². The van der Waals surface area contributed by atoms with E-state index in [2.05, 4.69) is 5.32 Å². The van der Waals surface area contributed by atoms with Gasteiger partial charge < -0.3 is 19.6 Å². The lowest BCUT2D eigenvalue weighted by atomic mass is 9.90. The highest BCUT2D eigenvalue weighted by Gasteiger charge is 2.39. The number of hydrogen-bond donors (Lipinski definition) is 2. The lowest BCUT2D eigenvalue weighted by Crippen LogP contribution is -2.57. The lowest BCUT2D eigenvalue weighted by molar-refractivity contribution is -0.122. The molecule has 4 rings (SSSR count). The molecule has 0 saturated carbocycles. The van der Waals surface area contributed by atoms with Gasteiger partial charge in [0.15, 0.2) is 5.58 Å². The SMILES string of the molecule is CCn1c(=O)oc2cc(NC(=O)CN3CC[C@](C)(O)[C@@H](Oc4cccc(Cl)c4)C3)ccc21. The van der Waals surface area contributed by atoms with Crippen LogP contribution in [0.2, 0.25) is 5.02 Å². The first-order valence-corrected chi connectivity index (χ1v) is 10.9. The van der Waals surface area contributed by atoms with Crippen molar-refractivity contribution in [3.05, 3.63) is 58.0 Å². The highest BCUT2D eigenvalue weighted by molar-refractivity contribution is 6.30. The van der Waals surface area contributed by atoms with E-state index in [0.717, 1.165) is 0 Å². The second kappa shape index (κ2) is 8.97. The molecule has 8 nitrogen and oxygen atoms in total. The maximum atomic E-state index is 12.6. The van der Waals surface area contributed by atoms with Gasteiger partial charge in [-0.3, -0.25) is 14.3 Å². The number of aliphatic hydroxyl groups is 1. The van der Waals surface area contributed by atoms with Crippen molar-refractivity contribution in [3.8, 4) is 5.75 Å². The smallest absolute Gasteiger partial charge is 0.419 e. The highest BCUT2D eigenvalue weighted by Crippen LogP contribution is 2.28. The summed E-state index contributed by atoms with van der Waals surface area (Å²) in [4.78, 5) is 26.4. The normalized spacial score (nSPS) is 21.6. The van der Waals surface area contributed by atoms with Gasteiger partial charge in [-0.1, -0.05) is 17.7 Å². The fourth-order valence-corrected chi connectivity index (χ4v) is 4.11. The van der Waals surface area contributed by atoms with E-state index >= 15 is 0 Å². The molecule has 1 aliphatic heterocycles. The van der Waals surface area contributed by atoms with Crippen molar-refractivity contribution in [2.45, 2.75) is 38.5 Å². The predicted molar refractivity (Wildman–Crippen MR) is 122 cm³/mol. The highest BCUT2D eigenvalue weighted by atomic mass is 35.5. The molecule has 0 bridgehead atoms. The minimum Gasteiger partial charge on any atom is -0.486 e. The number of amides is 1. The number of aromatic nitrogens is 1. The molecule has 2 N–H and O–H groups in total. The molecule has 1 fully saturated rings. The first-order chi connectivity index (χ1) is 15.2. The largest absolute Gasteiger partial charge is 0.486 e. The molecule has 1 amide bonds. The second-order valence-electron chi connectivity index (χ2n) is 8.25. The van der Waals surface area contributed by atoms with Crippen molar-refractivity contribution in [2.24, 2.45) is 0 Å². The number of carbonyl (C=O) groups is 1. The fourth-order valence-electron chi connectivity index (χ4n) is 3.93. The number of fused-ring (bicyclic) bond motifs is 1. The minimum atomic E-state index is -1.02. The quantitative estimate of drug-likeness (QED) is 0.588. The van der Waals surface area contributed by atoms with Crippen LogP contribution in [-0.4, -0.2) is 51.8 Å². The van der Waals surface area contributed by atoms with Crippen LogP contribution in [0.1, 0.15) is 20.3 Å². The number of nitrogens with one attached hydrogen (secondary N) is 1. The molecule has 32 heavy (non-hydrogen) atoms. The molecule has 1 aromatic heterocycles. The summed E-state index contributed by atoms with van der Waals surface area (Å²) in [5.41, 5.74) is 0.647. The Morgan fingerprint density at radius 3 is 2.91 bits per heavy atom. The summed E-state index contributed by atoms with van der Waals surface area (Å²) in [5.74, 6) is -0.0513. The zero-order chi connectivity index (χ0) is 22.9. The van der Waals surface area contributed by atoms with Crippen molar-refractivity contribution < 1.29 is 19.1 Å². The third kappa shape index (κ3) is 4.82. The first-order valence-electron chi connectivity index (χ1n) is 10.6. The van der Waals surface area contributed by atoms with Gasteiger partial charge in [0.25, 0.3) is 0 Å². The standard InChI is InChI=1S/C23H26ClN3O5/c1-3-27-18-8-7-16(12-19(18)32-22(27)29)25-21(28)14-26-10-9-23(2,30)20(13-26)31-17-6-4-5-15(24)11-17/h4-8,11-12,20,30H,3,9-10,13-14H2,1-2H3,(H,25,28)/t20-,23-/m0/s1. The number of ether oxygens (including phenoxy) is 1. The average molecular weight is 460 g/mol. The molecule has 1 aliphatic rings. The lowest BCUT2D eigenvalue weighted by Gasteiger charge is -2.42. The molecule has 2 aromatic carbocycles. The number of hydrogen-bond acceptors (Lipinski definition) is 6. The van der Waals surface area contributed by atoms with Crippen LogP contribution in [0.5, 0.6) is 5.75 Å². The van der Waals surface area contributed by atoms with Crippen LogP contribution in [0.15, 0.2) is 51.7 Å². The summed E-state index contributed by atoms with van der Waals surface area (Å²) in [6.45, 7) is 5.21. The summed E-state index contributed by atoms with van der Waals surface area (Å²) in [7, 11) is 0. The number of rotatable bonds is 6. The number of likely N-dealkylation sites (tertiary alicyclic amines) is 1. The topological polar surface area (TPSA) is 96.9 Å². The van der Waals surface area contributed by atoms with Crippen LogP contribution in [0.4, 0.5) is 5.69 Å². The number of anilines is 1. The molecular formula is C23H26ClN3O5. The van der Waals surface area contributed by atoms with Crippen molar-refractivity contribution in [1.29, 1.82) is 0 Å². The summed E-state index contributed by atoms with van der Waals surface area (Å²) < 4.78 is 12.8. The number of piperidine rings is 1. The zero-order valence-corrected chi connectivity index (χ0v) is 18.8. The molecule has 0 radical (unpaired) electrons. The zero-order valence-electron chi connectivity index (χ0n) is 18.0. The van der Waals surface area contributed by atoms with Gasteiger partial charge in [0, 0.05) is 36.4 Å². The van der Waals surface area contributed by atoms with Gasteiger partial charge in [0.1, 0.15) is 17.5 Å². The van der Waals surface area contributed by atoms with E-state index in [0.29, 0.717) is 53.6 Å². The Labute approximate surface area is 190 Å². The molecule has 1 saturated heterocycles. The number of carbonyl (C=O) groups excluding carboxylic acids is 1. The van der Waals surface area contributed by atoms with Crippen LogP contribution in [-0.2, 0) is 11.3 Å². The van der Waals surface area contributed by atoms with Gasteiger partial charge in [-0.2, -0.15) is 0 Å². The molecule has 9 heteroatoms. The molecule has 0 unspecified atom stereocenters. The van der Waals surface area contributed by atoms with E-state index in [9.17, 15) is 14.7 Å². The van der Waals surface area contributed by atoms with Crippen LogP contribution in [0.3, 0.4) is 0 Å². The van der Waals surface area contributed by atoms with Crippen molar-refractivity contribution in [3.63, 3.8) is 0 Å². The van der Waals surface area contributed by atoms with E-state index in [4.69, 9.17) is 20.8 Å². The molecule has 0 aliphatic carbocycles. The van der Waals surface area contributed by atoms with Crippen LogP contribution < -0.4 is 15.8 Å². The number of oxazole rings is 1. The number of halogens is 1. The summed E-state index contributed by atoms with van der Waals surface area (Å²) in [5, 5.41) is 14.2. The number of nitrogens with zero attached hydrogens (tertiary/aromatic N) is 2. The third-order valence-electron chi connectivity index (χ3n) is 5.76. The maximum absolute atomic E-state index is 12.6. The van der Waals surface area contributed by atoms with Gasteiger partial charge in [0.05, 0.1) is 12.1 Å². The Morgan fingerprint density at radius 2 is 2.16 bits per heavy atom. The number of aryl methyl sites for hydroxylation is 1. The summed E-state index contributed by atoms with van der Waals surface area (Å²) in [6.07, 6.45) is -0.0466. The maximum Gasteiger partial charge on any atom is 0.419 e. The molecule has 2 heterocycles. The molecule has 3 aromatic rings. The predicted octanol–water partition coefficient (Wildman–Crippen LogP) is 3.11. The Kier molecular flexibility index (Phi) is 6.28. The first kappa shape index (κ1) is 22.4. The van der Waals surface area contributed by atoms with Crippen LogP contribution in [0.25, 0.3) is 11.1 Å². The van der Waals surface area contributed by atoms with Gasteiger partial charge in [-0.25, -0.2) is 4.79 Å². The monoisotopic (exact) mass is 459 g/mol. The van der Waals surface area contributed by atoms with E-state index < -0.39 is 17.5 Å². The Morgan fingerprint density at radius 1 is 1.34 bits per heavy atom. The summed E-state index contributed by atoms with van der Waals surface area (Å²) in [6, 6.07) is 12.2. The molecule has 170 valence electrons. The third-order valence-corrected chi connectivity index (χ3v) is 6.00. The van der Waals surface area contributed by atoms with E-state index in [1.807, 2.05) is 11.8 Å². The average Bonchev–Trinajstić information content (AvgIpc) is 3.04. The van der Waals surface area contributed by atoms with Crippen molar-refractivity contribution in [1.82, 2.24) is 9.47 Å². The molecular weight excluding hydrogens is 434 g/mol. The minimum absolute atomic E-state index is 0.142. The van der Waals surface area contributed by atoms with Crippen LogP contribution in [0, 0.1) is 0 Å². The van der Waals surface area contributed by atoms with Gasteiger partial charge in [-0.05, 0) is 50.6 Å². The van der Waals surface area contributed by atoms with E-state index in [1.54, 1.807) is 49.4 Å². The van der Waals surface area contributed by atoms with Crippen molar-refractivity contribution >= 4 is 34.3 Å². The van der Waals surface area contributed by atoms with Gasteiger partial charge in [0.2, 0.25) is 5.91 Å². The number of benzene rings is 2. The van der Waals surface area contributed by atoms with Gasteiger partial charge >= 0.3 is 5.76 Å². The Hall–Kier alpha value is -2.81. The van der Waals surface area contributed by atoms with E-state index in [-0.39, 0.29) is 12.5 Å². The Bertz CT molecular complexity index is 1190. The molecule has 0 spiro atoms. The molecule has 2 atom stereocenters. The fraction of sp³-hybridized carbons (Fsp3) is 0.391. The van der Waals surface area contributed by atoms with E-state index in [1.165, 1.54) is 4.57 Å². The Balaban J connectivity index is 1.40. The van der Waals surface area contributed by atoms with Gasteiger partial charge in [-0.15, -0.1) is 0 Å². The second-order valence-corrected chi connectivity index (χ2v) is 8.69.